The zero-order valence-electron chi connectivity index (χ0n) is 6.61. The Morgan fingerprint density at radius 2 is 2.08 bits per heavy atom. The minimum Gasteiger partial charge on any atom is -0.265 e. The number of pyridine rings is 1. The summed E-state index contributed by atoms with van der Waals surface area (Å²) in [5, 5.41) is 0. The van der Waals surface area contributed by atoms with Crippen LogP contribution in [0.2, 0.25) is 0 Å². The Kier molecular flexibility index (Phi) is 4.88. The van der Waals surface area contributed by atoms with Gasteiger partial charge in [0.2, 0.25) is 0 Å². The molecule has 0 radical (unpaired) electrons. The normalized spacial score (nSPS) is 10.8. The van der Waals surface area contributed by atoms with Crippen LogP contribution in [0.3, 0.4) is 0 Å². The maximum Gasteiger partial charge on any atom is 0.0404 e. The van der Waals surface area contributed by atoms with Gasteiger partial charge in [-0.05, 0) is 12.1 Å². The van der Waals surface area contributed by atoms with E-state index in [0.717, 1.165) is 5.75 Å². The van der Waals surface area contributed by atoms with Gasteiger partial charge in [-0.3, -0.25) is 4.98 Å². The zero-order valence-corrected chi connectivity index (χ0v) is 8.18. The van der Waals surface area contributed by atoms with Crippen molar-refractivity contribution >= 4 is 23.4 Å². The van der Waals surface area contributed by atoms with Crippen LogP contribution in [0.5, 0.6) is 0 Å². The van der Waals surface area contributed by atoms with E-state index in [-0.39, 0.29) is 0 Å². The standard InChI is InChI=1S/C9H10ClNS/c10-5-1-2-8-12-9-3-6-11-7-4-9/h1-4,6-7H,5,8H2. The first-order chi connectivity index (χ1) is 5.93. The first kappa shape index (κ1) is 9.62. The number of halogens is 1. The molecular weight excluding hydrogens is 190 g/mol. The van der Waals surface area contributed by atoms with Crippen LogP contribution in [-0.2, 0) is 0 Å². The molecule has 0 aliphatic carbocycles. The summed E-state index contributed by atoms with van der Waals surface area (Å²) in [5.41, 5.74) is 0. The van der Waals surface area contributed by atoms with Gasteiger partial charge in [0.1, 0.15) is 0 Å². The van der Waals surface area contributed by atoms with Crippen LogP contribution in [0.15, 0.2) is 41.6 Å². The van der Waals surface area contributed by atoms with Crippen LogP contribution in [-0.4, -0.2) is 16.6 Å². The summed E-state index contributed by atoms with van der Waals surface area (Å²) in [5.74, 6) is 1.56. The first-order valence-corrected chi connectivity index (χ1v) is 5.19. The predicted molar refractivity (Wildman–Crippen MR) is 54.8 cm³/mol. The Balaban J connectivity index is 2.29. The number of alkyl halides is 1. The van der Waals surface area contributed by atoms with Crippen molar-refractivity contribution in [1.82, 2.24) is 4.98 Å². The summed E-state index contributed by atoms with van der Waals surface area (Å²) in [4.78, 5) is 5.18. The molecular formula is C9H10ClNS. The molecule has 64 valence electrons. The fourth-order valence-electron chi connectivity index (χ4n) is 0.710. The molecule has 0 saturated carbocycles. The summed E-state index contributed by atoms with van der Waals surface area (Å²) >= 11 is 7.25. The molecule has 1 aromatic heterocycles. The summed E-state index contributed by atoms with van der Waals surface area (Å²) in [7, 11) is 0. The molecule has 0 amide bonds. The molecule has 0 atom stereocenters. The summed E-state index contributed by atoms with van der Waals surface area (Å²) in [6, 6.07) is 4.00. The molecule has 0 N–H and O–H groups in total. The zero-order chi connectivity index (χ0) is 8.65. The van der Waals surface area contributed by atoms with Gasteiger partial charge in [-0.2, -0.15) is 0 Å². The maximum atomic E-state index is 5.48. The summed E-state index contributed by atoms with van der Waals surface area (Å²) < 4.78 is 0. The molecule has 0 saturated heterocycles. The van der Waals surface area contributed by atoms with E-state index in [1.54, 1.807) is 24.2 Å². The smallest absolute Gasteiger partial charge is 0.0404 e. The highest BCUT2D eigenvalue weighted by Gasteiger charge is 1.87. The summed E-state index contributed by atoms with van der Waals surface area (Å²) in [6.07, 6.45) is 7.62. The molecule has 1 rings (SSSR count). The van der Waals surface area contributed by atoms with Crippen molar-refractivity contribution in [3.63, 3.8) is 0 Å². The molecule has 0 fully saturated rings. The molecule has 0 unspecified atom stereocenters. The van der Waals surface area contributed by atoms with Gasteiger partial charge in [0, 0.05) is 28.9 Å². The van der Waals surface area contributed by atoms with Crippen molar-refractivity contribution < 1.29 is 0 Å². The number of allylic oxidation sites excluding steroid dienone is 1. The summed E-state index contributed by atoms with van der Waals surface area (Å²) in [6.45, 7) is 0. The lowest BCUT2D eigenvalue weighted by Gasteiger charge is -1.94. The van der Waals surface area contributed by atoms with Crippen molar-refractivity contribution in [3.8, 4) is 0 Å². The van der Waals surface area contributed by atoms with Crippen molar-refractivity contribution in [3.05, 3.63) is 36.7 Å². The molecule has 1 heterocycles. The van der Waals surface area contributed by atoms with Crippen molar-refractivity contribution in [2.75, 3.05) is 11.6 Å². The van der Waals surface area contributed by atoms with E-state index in [1.807, 2.05) is 18.2 Å². The average Bonchev–Trinajstić information content (AvgIpc) is 2.14. The van der Waals surface area contributed by atoms with E-state index in [1.165, 1.54) is 4.90 Å². The predicted octanol–water partition coefficient (Wildman–Crippen LogP) is 2.97. The molecule has 1 aromatic rings. The first-order valence-electron chi connectivity index (χ1n) is 3.67. The Labute approximate surface area is 81.8 Å². The van der Waals surface area contributed by atoms with Crippen LogP contribution in [0, 0.1) is 0 Å². The number of aromatic nitrogens is 1. The van der Waals surface area contributed by atoms with Gasteiger partial charge in [0.25, 0.3) is 0 Å². The Bertz CT molecular complexity index is 236. The Hall–Kier alpha value is -0.470. The number of hydrogen-bond acceptors (Lipinski definition) is 2. The molecule has 0 aliphatic heterocycles. The van der Waals surface area contributed by atoms with Crippen LogP contribution < -0.4 is 0 Å². The molecule has 3 heteroatoms. The van der Waals surface area contributed by atoms with Gasteiger partial charge in [0.15, 0.2) is 0 Å². The lowest BCUT2D eigenvalue weighted by molar-refractivity contribution is 1.26. The third-order valence-corrected chi connectivity index (χ3v) is 2.39. The third-order valence-electron chi connectivity index (χ3n) is 1.25. The van der Waals surface area contributed by atoms with E-state index in [0.29, 0.717) is 5.88 Å². The quantitative estimate of drug-likeness (QED) is 0.420. The number of nitrogens with zero attached hydrogens (tertiary/aromatic N) is 1. The fraction of sp³-hybridized carbons (Fsp3) is 0.222. The fourth-order valence-corrected chi connectivity index (χ4v) is 1.57. The van der Waals surface area contributed by atoms with Crippen LogP contribution in [0.4, 0.5) is 0 Å². The van der Waals surface area contributed by atoms with Crippen LogP contribution in [0.1, 0.15) is 0 Å². The average molecular weight is 200 g/mol. The van der Waals surface area contributed by atoms with E-state index in [4.69, 9.17) is 11.6 Å². The topological polar surface area (TPSA) is 12.9 Å². The number of rotatable bonds is 4. The second kappa shape index (κ2) is 6.09. The van der Waals surface area contributed by atoms with Crippen molar-refractivity contribution in [2.45, 2.75) is 4.90 Å². The highest BCUT2D eigenvalue weighted by Crippen LogP contribution is 2.15. The monoisotopic (exact) mass is 199 g/mol. The van der Waals surface area contributed by atoms with Crippen LogP contribution in [0.25, 0.3) is 0 Å². The minimum atomic E-state index is 0.594. The lowest BCUT2D eigenvalue weighted by Crippen LogP contribution is -1.74. The van der Waals surface area contributed by atoms with Gasteiger partial charge >= 0.3 is 0 Å². The highest BCUT2D eigenvalue weighted by atomic mass is 35.5. The van der Waals surface area contributed by atoms with Gasteiger partial charge in [-0.1, -0.05) is 12.2 Å². The SMILES string of the molecule is ClCC=CCSc1ccncc1. The Morgan fingerprint density at radius 3 is 2.75 bits per heavy atom. The van der Waals surface area contributed by atoms with Crippen molar-refractivity contribution in [2.24, 2.45) is 0 Å². The van der Waals surface area contributed by atoms with E-state index in [9.17, 15) is 0 Å². The maximum absolute atomic E-state index is 5.48. The molecule has 0 bridgehead atoms. The van der Waals surface area contributed by atoms with Gasteiger partial charge < -0.3 is 0 Å². The van der Waals surface area contributed by atoms with E-state index in [2.05, 4.69) is 11.1 Å². The molecule has 0 spiro atoms. The van der Waals surface area contributed by atoms with Crippen LogP contribution >= 0.6 is 23.4 Å². The molecule has 12 heavy (non-hydrogen) atoms. The second-order valence-electron chi connectivity index (χ2n) is 2.12. The van der Waals surface area contributed by atoms with E-state index < -0.39 is 0 Å². The van der Waals surface area contributed by atoms with Gasteiger partial charge in [-0.15, -0.1) is 23.4 Å². The number of thioether (sulfide) groups is 1. The molecule has 1 nitrogen and oxygen atoms in total. The van der Waals surface area contributed by atoms with E-state index >= 15 is 0 Å². The Morgan fingerprint density at radius 1 is 1.33 bits per heavy atom. The van der Waals surface area contributed by atoms with Gasteiger partial charge in [-0.25, -0.2) is 0 Å². The lowest BCUT2D eigenvalue weighted by atomic mass is 10.5. The largest absolute Gasteiger partial charge is 0.265 e. The van der Waals surface area contributed by atoms with Crippen molar-refractivity contribution in [1.29, 1.82) is 0 Å². The second-order valence-corrected chi connectivity index (χ2v) is 3.52. The van der Waals surface area contributed by atoms with Gasteiger partial charge in [0.05, 0.1) is 0 Å². The molecule has 0 aliphatic rings. The molecule has 0 aromatic carbocycles. The highest BCUT2D eigenvalue weighted by molar-refractivity contribution is 7.99. The number of hydrogen-bond donors (Lipinski definition) is 0. The third kappa shape index (κ3) is 3.79. The minimum absolute atomic E-state index is 0.594.